The fraction of sp³-hybridized carbons (Fsp3) is 0.467. The summed E-state index contributed by atoms with van der Waals surface area (Å²) in [5.41, 5.74) is 0.966. The van der Waals surface area contributed by atoms with E-state index in [1.54, 1.807) is 11.3 Å². The second kappa shape index (κ2) is 6.50. The lowest BCUT2D eigenvalue weighted by Crippen LogP contribution is -2.52. The number of carboxylic acid groups (broad SMARTS) is 1. The van der Waals surface area contributed by atoms with Crippen molar-refractivity contribution in [1.29, 1.82) is 0 Å². The number of carbonyl (C=O) groups is 1. The van der Waals surface area contributed by atoms with Gasteiger partial charge in [0.2, 0.25) is 0 Å². The maximum absolute atomic E-state index is 11.0. The molecular weight excluding hydrogens is 302 g/mol. The van der Waals surface area contributed by atoms with E-state index in [0.717, 1.165) is 27.4 Å². The summed E-state index contributed by atoms with van der Waals surface area (Å²) in [5.74, 6) is 0.809. The lowest BCUT2D eigenvalue weighted by atomic mass is 10.1. The van der Waals surface area contributed by atoms with E-state index in [2.05, 4.69) is 10.3 Å². The van der Waals surface area contributed by atoms with E-state index < -0.39 is 6.09 Å². The third-order valence-electron chi connectivity index (χ3n) is 3.73. The van der Waals surface area contributed by atoms with E-state index >= 15 is 0 Å². The van der Waals surface area contributed by atoms with Gasteiger partial charge in [-0.05, 0) is 25.5 Å². The number of amides is 1. The van der Waals surface area contributed by atoms with Crippen LogP contribution in [0.5, 0.6) is 5.75 Å². The molecule has 0 radical (unpaired) electrons. The SMILES string of the molecule is Cc1nc2cc(OCC[C@@H]3CN(C(=O)O)CCN3)ccc2s1. The van der Waals surface area contributed by atoms with Gasteiger partial charge in [0.05, 0.1) is 21.8 Å². The highest BCUT2D eigenvalue weighted by Crippen LogP contribution is 2.25. The first-order valence-corrected chi connectivity index (χ1v) is 8.15. The summed E-state index contributed by atoms with van der Waals surface area (Å²) < 4.78 is 6.94. The largest absolute Gasteiger partial charge is 0.493 e. The van der Waals surface area contributed by atoms with Gasteiger partial charge in [-0.3, -0.25) is 0 Å². The van der Waals surface area contributed by atoms with E-state index in [9.17, 15) is 4.79 Å². The topological polar surface area (TPSA) is 74.7 Å². The standard InChI is InChI=1S/C15H19N3O3S/c1-10-17-13-8-12(2-3-14(13)22-10)21-7-4-11-9-18(15(19)20)6-5-16-11/h2-3,8,11,16H,4-7,9H2,1H3,(H,19,20)/t11-/m1/s1. The highest BCUT2D eigenvalue weighted by Gasteiger charge is 2.22. The Morgan fingerprint density at radius 1 is 1.59 bits per heavy atom. The highest BCUT2D eigenvalue weighted by molar-refractivity contribution is 7.18. The Bertz CT molecular complexity index is 673. The summed E-state index contributed by atoms with van der Waals surface area (Å²) in [7, 11) is 0. The quantitative estimate of drug-likeness (QED) is 0.904. The first kappa shape index (κ1) is 15.1. The van der Waals surface area contributed by atoms with Crippen LogP contribution in [0.1, 0.15) is 11.4 Å². The molecular formula is C15H19N3O3S. The molecule has 1 saturated heterocycles. The van der Waals surface area contributed by atoms with Crippen molar-refractivity contribution in [3.8, 4) is 5.75 Å². The van der Waals surface area contributed by atoms with Crippen LogP contribution in [0.3, 0.4) is 0 Å². The Hall–Kier alpha value is -1.86. The van der Waals surface area contributed by atoms with E-state index in [-0.39, 0.29) is 6.04 Å². The van der Waals surface area contributed by atoms with Gasteiger partial charge >= 0.3 is 6.09 Å². The number of ether oxygens (including phenoxy) is 1. The highest BCUT2D eigenvalue weighted by atomic mass is 32.1. The zero-order chi connectivity index (χ0) is 15.5. The van der Waals surface area contributed by atoms with Crippen molar-refractivity contribution in [2.24, 2.45) is 0 Å². The smallest absolute Gasteiger partial charge is 0.407 e. The molecule has 7 heteroatoms. The van der Waals surface area contributed by atoms with Gasteiger partial charge in [0.15, 0.2) is 0 Å². The van der Waals surface area contributed by atoms with Gasteiger partial charge in [0.25, 0.3) is 0 Å². The molecule has 1 aromatic heterocycles. The van der Waals surface area contributed by atoms with Gasteiger partial charge in [-0.15, -0.1) is 11.3 Å². The number of hydrogen-bond donors (Lipinski definition) is 2. The van der Waals surface area contributed by atoms with Gasteiger partial charge in [0.1, 0.15) is 5.75 Å². The molecule has 0 spiro atoms. The van der Waals surface area contributed by atoms with Crippen LogP contribution in [0.25, 0.3) is 10.2 Å². The van der Waals surface area contributed by atoms with Crippen molar-refractivity contribution in [3.63, 3.8) is 0 Å². The molecule has 1 fully saturated rings. The molecule has 0 saturated carbocycles. The summed E-state index contributed by atoms with van der Waals surface area (Å²) in [5, 5.41) is 13.4. The maximum atomic E-state index is 11.0. The molecule has 22 heavy (non-hydrogen) atoms. The van der Waals surface area contributed by atoms with Crippen molar-refractivity contribution in [3.05, 3.63) is 23.2 Å². The number of aryl methyl sites for hydroxylation is 1. The molecule has 1 aliphatic rings. The predicted molar refractivity (Wildman–Crippen MR) is 85.9 cm³/mol. The molecule has 3 rings (SSSR count). The Morgan fingerprint density at radius 2 is 2.45 bits per heavy atom. The molecule has 1 aromatic carbocycles. The second-order valence-corrected chi connectivity index (χ2v) is 6.61. The summed E-state index contributed by atoms with van der Waals surface area (Å²) >= 11 is 1.67. The number of nitrogens with one attached hydrogen (secondary N) is 1. The molecule has 0 bridgehead atoms. The normalized spacial score (nSPS) is 18.6. The molecule has 0 unspecified atom stereocenters. The van der Waals surface area contributed by atoms with Crippen LogP contribution in [0.2, 0.25) is 0 Å². The number of rotatable bonds is 4. The van der Waals surface area contributed by atoms with Gasteiger partial charge in [0, 0.05) is 31.7 Å². The van der Waals surface area contributed by atoms with E-state index in [4.69, 9.17) is 9.84 Å². The average Bonchev–Trinajstić information content (AvgIpc) is 2.87. The van der Waals surface area contributed by atoms with Crippen LogP contribution in [0.4, 0.5) is 4.79 Å². The number of aromatic nitrogens is 1. The van der Waals surface area contributed by atoms with Crippen molar-refractivity contribution < 1.29 is 14.6 Å². The van der Waals surface area contributed by atoms with Gasteiger partial charge < -0.3 is 20.1 Å². The van der Waals surface area contributed by atoms with Crippen molar-refractivity contribution in [2.45, 2.75) is 19.4 Å². The Kier molecular flexibility index (Phi) is 4.44. The minimum absolute atomic E-state index is 0.148. The average molecular weight is 321 g/mol. The Labute approximate surface area is 132 Å². The lowest BCUT2D eigenvalue weighted by Gasteiger charge is -2.31. The Morgan fingerprint density at radius 3 is 3.27 bits per heavy atom. The van der Waals surface area contributed by atoms with Crippen molar-refractivity contribution >= 4 is 27.6 Å². The number of hydrogen-bond acceptors (Lipinski definition) is 5. The number of fused-ring (bicyclic) bond motifs is 1. The molecule has 2 heterocycles. The van der Waals surface area contributed by atoms with Crippen LogP contribution >= 0.6 is 11.3 Å². The zero-order valence-corrected chi connectivity index (χ0v) is 13.2. The van der Waals surface area contributed by atoms with Gasteiger partial charge in [-0.1, -0.05) is 0 Å². The van der Waals surface area contributed by atoms with E-state index in [1.807, 2.05) is 25.1 Å². The van der Waals surface area contributed by atoms with Crippen molar-refractivity contribution in [2.75, 3.05) is 26.2 Å². The minimum atomic E-state index is -0.850. The first-order valence-electron chi connectivity index (χ1n) is 7.33. The molecule has 2 N–H and O–H groups in total. The number of benzene rings is 1. The third-order valence-corrected chi connectivity index (χ3v) is 4.68. The Balaban J connectivity index is 1.52. The summed E-state index contributed by atoms with van der Waals surface area (Å²) in [6, 6.07) is 6.09. The fourth-order valence-electron chi connectivity index (χ4n) is 2.62. The zero-order valence-electron chi connectivity index (χ0n) is 12.4. The van der Waals surface area contributed by atoms with E-state index in [0.29, 0.717) is 26.2 Å². The molecule has 118 valence electrons. The molecule has 1 aliphatic heterocycles. The lowest BCUT2D eigenvalue weighted by molar-refractivity contribution is 0.124. The monoisotopic (exact) mass is 321 g/mol. The van der Waals surface area contributed by atoms with Gasteiger partial charge in [-0.2, -0.15) is 0 Å². The number of nitrogens with zero attached hydrogens (tertiary/aromatic N) is 2. The molecule has 6 nitrogen and oxygen atoms in total. The van der Waals surface area contributed by atoms with Crippen LogP contribution in [0.15, 0.2) is 18.2 Å². The van der Waals surface area contributed by atoms with Crippen molar-refractivity contribution in [1.82, 2.24) is 15.2 Å². The van der Waals surface area contributed by atoms with Crippen LogP contribution in [-0.4, -0.2) is 53.4 Å². The number of thiazole rings is 1. The second-order valence-electron chi connectivity index (χ2n) is 5.38. The summed E-state index contributed by atoms with van der Waals surface area (Å²) in [6.45, 7) is 4.31. The van der Waals surface area contributed by atoms with Crippen LogP contribution in [0, 0.1) is 6.92 Å². The first-order chi connectivity index (χ1) is 10.6. The summed E-state index contributed by atoms with van der Waals surface area (Å²) in [6.07, 6.45) is -0.0745. The molecule has 2 aromatic rings. The molecule has 1 atom stereocenters. The maximum Gasteiger partial charge on any atom is 0.407 e. The molecule has 0 aliphatic carbocycles. The van der Waals surface area contributed by atoms with Crippen LogP contribution in [-0.2, 0) is 0 Å². The third kappa shape index (κ3) is 3.48. The summed E-state index contributed by atoms with van der Waals surface area (Å²) in [4.78, 5) is 16.9. The van der Waals surface area contributed by atoms with E-state index in [1.165, 1.54) is 4.90 Å². The fourth-order valence-corrected chi connectivity index (χ4v) is 3.43. The van der Waals surface area contributed by atoms with Gasteiger partial charge in [-0.25, -0.2) is 9.78 Å². The number of piperazine rings is 1. The molecule has 1 amide bonds. The predicted octanol–water partition coefficient (Wildman–Crippen LogP) is 2.33. The minimum Gasteiger partial charge on any atom is -0.493 e. The van der Waals surface area contributed by atoms with Crippen LogP contribution < -0.4 is 10.1 Å².